The molecule has 2 N–H and O–H groups in total. The first-order chi connectivity index (χ1) is 9.63. The third kappa shape index (κ3) is 4.49. The van der Waals surface area contributed by atoms with Gasteiger partial charge in [-0.3, -0.25) is 4.79 Å². The van der Waals surface area contributed by atoms with Gasteiger partial charge >= 0.3 is 0 Å². The zero-order chi connectivity index (χ0) is 15.0. The molecule has 1 amide bonds. The minimum absolute atomic E-state index is 0.0786. The molecule has 0 aliphatic carbocycles. The Labute approximate surface area is 121 Å². The summed E-state index contributed by atoms with van der Waals surface area (Å²) in [6.07, 6.45) is 2.57. The Kier molecular flexibility index (Phi) is 7.01. The Bertz CT molecular complexity index is 418. The van der Waals surface area contributed by atoms with Gasteiger partial charge in [-0.1, -0.05) is 13.8 Å². The van der Waals surface area contributed by atoms with Crippen LogP contribution in [0.15, 0.2) is 18.3 Å². The number of carbonyl (C=O) groups excluding carboxylic acids is 1. The summed E-state index contributed by atoms with van der Waals surface area (Å²) in [5.74, 6) is -0.0786. The molecule has 0 fully saturated rings. The van der Waals surface area contributed by atoms with Crippen LogP contribution in [0.2, 0.25) is 0 Å². The van der Waals surface area contributed by atoms with Crippen LogP contribution in [0, 0.1) is 0 Å². The summed E-state index contributed by atoms with van der Waals surface area (Å²) >= 11 is 0. The zero-order valence-electron chi connectivity index (χ0n) is 12.8. The largest absolute Gasteiger partial charge is 0.397 e. The Morgan fingerprint density at radius 1 is 1.20 bits per heavy atom. The average molecular weight is 278 g/mol. The van der Waals surface area contributed by atoms with E-state index in [4.69, 9.17) is 5.73 Å². The highest BCUT2D eigenvalue weighted by atomic mass is 16.2. The van der Waals surface area contributed by atoms with Gasteiger partial charge in [0.25, 0.3) is 5.91 Å². The van der Waals surface area contributed by atoms with Crippen molar-refractivity contribution in [2.24, 2.45) is 0 Å². The second-order valence-corrected chi connectivity index (χ2v) is 4.71. The summed E-state index contributed by atoms with van der Waals surface area (Å²) in [5.41, 5.74) is 6.62. The summed E-state index contributed by atoms with van der Waals surface area (Å²) in [6.45, 7) is 10.8. The van der Waals surface area contributed by atoms with Gasteiger partial charge in [0, 0.05) is 19.3 Å². The first kappa shape index (κ1) is 16.4. The molecule has 1 heterocycles. The summed E-state index contributed by atoms with van der Waals surface area (Å²) < 4.78 is 0. The minimum Gasteiger partial charge on any atom is -0.397 e. The highest BCUT2D eigenvalue weighted by Gasteiger charge is 2.17. The fourth-order valence-corrected chi connectivity index (χ4v) is 2.17. The molecule has 1 aromatic heterocycles. The molecule has 0 unspecified atom stereocenters. The Morgan fingerprint density at radius 2 is 1.90 bits per heavy atom. The first-order valence-corrected chi connectivity index (χ1v) is 7.36. The molecule has 0 aliphatic rings. The summed E-state index contributed by atoms with van der Waals surface area (Å²) in [5, 5.41) is 0. The van der Waals surface area contributed by atoms with Crippen molar-refractivity contribution in [1.82, 2.24) is 14.8 Å². The molecule has 0 atom stereocenters. The van der Waals surface area contributed by atoms with Gasteiger partial charge in [-0.05, 0) is 45.1 Å². The molecule has 5 heteroatoms. The third-order valence-corrected chi connectivity index (χ3v) is 3.51. The summed E-state index contributed by atoms with van der Waals surface area (Å²) in [7, 11) is 0. The smallest absolute Gasteiger partial charge is 0.274 e. The van der Waals surface area contributed by atoms with Crippen molar-refractivity contribution in [1.29, 1.82) is 0 Å². The van der Waals surface area contributed by atoms with E-state index >= 15 is 0 Å². The van der Waals surface area contributed by atoms with Gasteiger partial charge in [0.05, 0.1) is 5.69 Å². The average Bonchev–Trinajstić information content (AvgIpc) is 2.47. The molecule has 20 heavy (non-hydrogen) atoms. The minimum atomic E-state index is -0.0786. The number of hydrogen-bond acceptors (Lipinski definition) is 4. The zero-order valence-corrected chi connectivity index (χ0v) is 12.8. The number of anilines is 1. The molecule has 0 aliphatic heterocycles. The van der Waals surface area contributed by atoms with Crippen LogP contribution in [0.3, 0.4) is 0 Å². The molecule has 0 aromatic carbocycles. The van der Waals surface area contributed by atoms with Crippen LogP contribution < -0.4 is 5.73 Å². The standard InChI is InChI=1S/C15H26N4O/c1-4-18(5-2)11-8-12-19(6-3)15(20)14-13(16)9-7-10-17-14/h7,9-10H,4-6,8,11-12,16H2,1-3H3. The van der Waals surface area contributed by atoms with Gasteiger partial charge in [-0.15, -0.1) is 0 Å². The quantitative estimate of drug-likeness (QED) is 0.788. The van der Waals surface area contributed by atoms with E-state index in [9.17, 15) is 4.79 Å². The lowest BCUT2D eigenvalue weighted by Gasteiger charge is -2.23. The van der Waals surface area contributed by atoms with Gasteiger partial charge in [0.15, 0.2) is 5.69 Å². The molecule has 1 aromatic rings. The normalized spacial score (nSPS) is 10.8. The van der Waals surface area contributed by atoms with E-state index in [2.05, 4.69) is 23.7 Å². The second-order valence-electron chi connectivity index (χ2n) is 4.71. The number of hydrogen-bond donors (Lipinski definition) is 1. The molecule has 0 radical (unpaired) electrons. The monoisotopic (exact) mass is 278 g/mol. The van der Waals surface area contributed by atoms with Crippen molar-refractivity contribution in [2.45, 2.75) is 27.2 Å². The first-order valence-electron chi connectivity index (χ1n) is 7.36. The number of nitrogen functional groups attached to an aromatic ring is 1. The van der Waals surface area contributed by atoms with Gasteiger partial charge in [-0.2, -0.15) is 0 Å². The van der Waals surface area contributed by atoms with Crippen LogP contribution >= 0.6 is 0 Å². The highest BCUT2D eigenvalue weighted by molar-refractivity contribution is 5.97. The van der Waals surface area contributed by atoms with Crippen LogP contribution in [0.25, 0.3) is 0 Å². The number of carbonyl (C=O) groups is 1. The predicted molar refractivity (Wildman–Crippen MR) is 82.6 cm³/mol. The van der Waals surface area contributed by atoms with E-state index in [0.717, 1.165) is 32.6 Å². The topological polar surface area (TPSA) is 62.5 Å². The molecule has 0 saturated carbocycles. The maximum Gasteiger partial charge on any atom is 0.274 e. The SMILES string of the molecule is CCN(CC)CCCN(CC)C(=O)c1ncccc1N. The fourth-order valence-electron chi connectivity index (χ4n) is 2.17. The van der Waals surface area contributed by atoms with E-state index in [1.807, 2.05) is 11.8 Å². The molecule has 0 saturated heterocycles. The lowest BCUT2D eigenvalue weighted by molar-refractivity contribution is 0.0752. The van der Waals surface area contributed by atoms with Crippen molar-refractivity contribution in [2.75, 3.05) is 38.5 Å². The molecule has 1 rings (SSSR count). The van der Waals surface area contributed by atoms with E-state index in [-0.39, 0.29) is 5.91 Å². The number of nitrogens with zero attached hydrogens (tertiary/aromatic N) is 3. The number of amides is 1. The van der Waals surface area contributed by atoms with Crippen molar-refractivity contribution < 1.29 is 4.79 Å². The lowest BCUT2D eigenvalue weighted by Crippen LogP contribution is -2.35. The Hall–Kier alpha value is -1.62. The maximum atomic E-state index is 12.4. The molecule has 0 bridgehead atoms. The van der Waals surface area contributed by atoms with Crippen molar-refractivity contribution >= 4 is 11.6 Å². The maximum absolute atomic E-state index is 12.4. The van der Waals surface area contributed by atoms with Gasteiger partial charge in [0.2, 0.25) is 0 Å². The third-order valence-electron chi connectivity index (χ3n) is 3.51. The fraction of sp³-hybridized carbons (Fsp3) is 0.600. The summed E-state index contributed by atoms with van der Waals surface area (Å²) in [4.78, 5) is 20.6. The number of nitrogens with two attached hydrogens (primary N) is 1. The lowest BCUT2D eigenvalue weighted by atomic mass is 10.2. The van der Waals surface area contributed by atoms with E-state index in [1.54, 1.807) is 18.3 Å². The van der Waals surface area contributed by atoms with E-state index < -0.39 is 0 Å². The number of rotatable bonds is 8. The van der Waals surface area contributed by atoms with Crippen LogP contribution in [0.4, 0.5) is 5.69 Å². The van der Waals surface area contributed by atoms with E-state index in [1.165, 1.54) is 0 Å². The van der Waals surface area contributed by atoms with Crippen LogP contribution in [0.1, 0.15) is 37.7 Å². The van der Waals surface area contributed by atoms with E-state index in [0.29, 0.717) is 17.9 Å². The van der Waals surface area contributed by atoms with Gasteiger partial charge in [-0.25, -0.2) is 4.98 Å². The highest BCUT2D eigenvalue weighted by Crippen LogP contribution is 2.10. The Balaban J connectivity index is 2.58. The van der Waals surface area contributed by atoms with Crippen LogP contribution in [-0.2, 0) is 0 Å². The molecule has 0 spiro atoms. The molecule has 5 nitrogen and oxygen atoms in total. The van der Waals surface area contributed by atoms with Gasteiger partial charge < -0.3 is 15.5 Å². The molecule has 112 valence electrons. The molecular formula is C15H26N4O. The molecular weight excluding hydrogens is 252 g/mol. The number of pyridine rings is 1. The Morgan fingerprint density at radius 3 is 2.45 bits per heavy atom. The summed E-state index contributed by atoms with van der Waals surface area (Å²) in [6, 6.07) is 3.45. The van der Waals surface area contributed by atoms with Gasteiger partial charge in [0.1, 0.15) is 0 Å². The predicted octanol–water partition coefficient (Wildman–Crippen LogP) is 1.86. The van der Waals surface area contributed by atoms with Crippen molar-refractivity contribution in [3.05, 3.63) is 24.0 Å². The van der Waals surface area contributed by atoms with Crippen LogP contribution in [0.5, 0.6) is 0 Å². The van der Waals surface area contributed by atoms with Crippen LogP contribution in [-0.4, -0.2) is 53.4 Å². The second kappa shape index (κ2) is 8.53. The van der Waals surface area contributed by atoms with Crippen molar-refractivity contribution in [3.8, 4) is 0 Å². The van der Waals surface area contributed by atoms with Crippen molar-refractivity contribution in [3.63, 3.8) is 0 Å². The number of aromatic nitrogens is 1.